The van der Waals surface area contributed by atoms with Crippen molar-refractivity contribution in [1.29, 1.82) is 0 Å². The average Bonchev–Trinajstić information content (AvgIpc) is 2.38. The monoisotopic (exact) mass is 333 g/mol. The summed E-state index contributed by atoms with van der Waals surface area (Å²) in [6, 6.07) is 3.44. The Kier molecular flexibility index (Phi) is 6.28. The Bertz CT molecular complexity index is 540. The van der Waals surface area contributed by atoms with Crippen LogP contribution in [0.1, 0.15) is 20.3 Å². The molecule has 1 aliphatic heterocycles. The zero-order valence-electron chi connectivity index (χ0n) is 12.7. The Balaban J connectivity index is 0.00000242. The number of benzene rings is 1. The van der Waals surface area contributed by atoms with E-state index in [0.717, 1.165) is 31.6 Å². The SMILES string of the molecule is CC1(C)CN(CC(=O)Nc2ccc(F)c(F)c2)CCC1N.Cl. The first kappa shape index (κ1) is 18.8. The second kappa shape index (κ2) is 7.35. The van der Waals surface area contributed by atoms with E-state index in [4.69, 9.17) is 5.73 Å². The van der Waals surface area contributed by atoms with Gasteiger partial charge in [0, 0.05) is 30.9 Å². The van der Waals surface area contributed by atoms with Gasteiger partial charge in [-0.15, -0.1) is 12.4 Å². The molecule has 0 radical (unpaired) electrons. The van der Waals surface area contributed by atoms with Crippen LogP contribution >= 0.6 is 12.4 Å². The number of carbonyl (C=O) groups excluding carboxylic acids is 1. The maximum absolute atomic E-state index is 13.1. The lowest BCUT2D eigenvalue weighted by Gasteiger charge is -2.42. The van der Waals surface area contributed by atoms with Gasteiger partial charge in [0.25, 0.3) is 0 Å². The van der Waals surface area contributed by atoms with Gasteiger partial charge in [0.1, 0.15) is 0 Å². The fraction of sp³-hybridized carbons (Fsp3) is 0.533. The molecule has 0 bridgehead atoms. The van der Waals surface area contributed by atoms with Gasteiger partial charge in [-0.25, -0.2) is 8.78 Å². The number of hydrogen-bond donors (Lipinski definition) is 2. The normalized spacial score (nSPS) is 21.0. The maximum Gasteiger partial charge on any atom is 0.238 e. The standard InChI is InChI=1S/C15H21F2N3O.ClH/c1-15(2)9-20(6-5-13(15)18)8-14(21)19-10-3-4-11(16)12(17)7-10;/h3-4,7,13H,5-6,8-9,18H2,1-2H3,(H,19,21);1H. The quantitative estimate of drug-likeness (QED) is 0.893. The molecule has 22 heavy (non-hydrogen) atoms. The van der Waals surface area contributed by atoms with E-state index in [2.05, 4.69) is 19.2 Å². The number of hydrogen-bond acceptors (Lipinski definition) is 3. The summed E-state index contributed by atoms with van der Waals surface area (Å²) in [6.07, 6.45) is 0.839. The Morgan fingerprint density at radius 2 is 2.09 bits per heavy atom. The number of piperidine rings is 1. The maximum atomic E-state index is 13.1. The third kappa shape index (κ3) is 4.63. The minimum absolute atomic E-state index is 0. The highest BCUT2D eigenvalue weighted by molar-refractivity contribution is 5.92. The van der Waals surface area contributed by atoms with Crippen LogP contribution in [0.3, 0.4) is 0 Å². The zero-order valence-corrected chi connectivity index (χ0v) is 13.6. The van der Waals surface area contributed by atoms with E-state index in [1.807, 2.05) is 4.90 Å². The van der Waals surface area contributed by atoms with Crippen molar-refractivity contribution in [3.05, 3.63) is 29.8 Å². The molecule has 0 aromatic heterocycles. The highest BCUT2D eigenvalue weighted by atomic mass is 35.5. The average molecular weight is 334 g/mol. The number of halogens is 3. The topological polar surface area (TPSA) is 58.4 Å². The van der Waals surface area contributed by atoms with Gasteiger partial charge in [-0.2, -0.15) is 0 Å². The van der Waals surface area contributed by atoms with Gasteiger partial charge in [0.2, 0.25) is 5.91 Å². The molecule has 1 atom stereocenters. The molecular weight excluding hydrogens is 312 g/mol. The third-order valence-corrected chi connectivity index (χ3v) is 3.96. The predicted molar refractivity (Wildman–Crippen MR) is 85.0 cm³/mol. The van der Waals surface area contributed by atoms with Gasteiger partial charge >= 0.3 is 0 Å². The Hall–Kier alpha value is -1.24. The Labute approximate surface area is 135 Å². The van der Waals surface area contributed by atoms with E-state index in [1.54, 1.807) is 0 Å². The van der Waals surface area contributed by atoms with E-state index < -0.39 is 11.6 Å². The molecule has 4 nitrogen and oxygen atoms in total. The van der Waals surface area contributed by atoms with Crippen LogP contribution in [0.5, 0.6) is 0 Å². The first-order chi connectivity index (χ1) is 9.78. The zero-order chi connectivity index (χ0) is 15.6. The number of nitrogens with two attached hydrogens (primary N) is 1. The number of anilines is 1. The van der Waals surface area contributed by atoms with Crippen molar-refractivity contribution >= 4 is 24.0 Å². The fourth-order valence-electron chi connectivity index (χ4n) is 2.60. The lowest BCUT2D eigenvalue weighted by molar-refractivity contribution is -0.118. The summed E-state index contributed by atoms with van der Waals surface area (Å²) in [5, 5.41) is 2.58. The van der Waals surface area contributed by atoms with E-state index in [9.17, 15) is 13.6 Å². The number of likely N-dealkylation sites (tertiary alicyclic amines) is 1. The van der Waals surface area contributed by atoms with Crippen molar-refractivity contribution < 1.29 is 13.6 Å². The van der Waals surface area contributed by atoms with Crippen molar-refractivity contribution in [2.45, 2.75) is 26.3 Å². The minimum atomic E-state index is -0.974. The number of nitrogens with zero attached hydrogens (tertiary/aromatic N) is 1. The second-order valence-corrected chi connectivity index (χ2v) is 6.27. The number of rotatable bonds is 3. The van der Waals surface area contributed by atoms with Crippen molar-refractivity contribution in [3.63, 3.8) is 0 Å². The van der Waals surface area contributed by atoms with E-state index >= 15 is 0 Å². The molecule has 1 heterocycles. The van der Waals surface area contributed by atoms with Crippen molar-refractivity contribution in [3.8, 4) is 0 Å². The summed E-state index contributed by atoms with van der Waals surface area (Å²) in [4.78, 5) is 14.0. The van der Waals surface area contributed by atoms with Crippen molar-refractivity contribution in [2.75, 3.05) is 25.0 Å². The Morgan fingerprint density at radius 3 is 2.68 bits per heavy atom. The molecule has 1 saturated heterocycles. The summed E-state index contributed by atoms with van der Waals surface area (Å²) in [6.45, 7) is 5.87. The van der Waals surface area contributed by atoms with Gasteiger partial charge in [-0.05, 0) is 24.0 Å². The predicted octanol–water partition coefficient (Wildman–Crippen LogP) is 2.38. The molecule has 1 unspecified atom stereocenters. The summed E-state index contributed by atoms with van der Waals surface area (Å²) in [5.41, 5.74) is 6.27. The minimum Gasteiger partial charge on any atom is -0.327 e. The molecule has 0 spiro atoms. The van der Waals surface area contributed by atoms with Crippen LogP contribution in [0.2, 0.25) is 0 Å². The molecule has 1 fully saturated rings. The largest absolute Gasteiger partial charge is 0.327 e. The molecule has 1 amide bonds. The van der Waals surface area contributed by atoms with Crippen molar-refractivity contribution in [2.24, 2.45) is 11.1 Å². The molecule has 0 saturated carbocycles. The van der Waals surface area contributed by atoms with E-state index in [0.29, 0.717) is 0 Å². The molecule has 124 valence electrons. The number of carbonyl (C=O) groups is 1. The number of nitrogens with one attached hydrogen (secondary N) is 1. The molecule has 7 heteroatoms. The number of amides is 1. The third-order valence-electron chi connectivity index (χ3n) is 3.96. The van der Waals surface area contributed by atoms with Crippen LogP contribution in [0.25, 0.3) is 0 Å². The highest BCUT2D eigenvalue weighted by Gasteiger charge is 2.33. The molecule has 2 rings (SSSR count). The first-order valence-electron chi connectivity index (χ1n) is 7.01. The van der Waals surface area contributed by atoms with E-state index in [1.165, 1.54) is 6.07 Å². The first-order valence-corrected chi connectivity index (χ1v) is 7.01. The molecule has 1 aromatic carbocycles. The van der Waals surface area contributed by atoms with Gasteiger partial charge in [0.05, 0.1) is 6.54 Å². The molecule has 0 aliphatic carbocycles. The van der Waals surface area contributed by atoms with Gasteiger partial charge in [-0.3, -0.25) is 9.69 Å². The summed E-state index contributed by atoms with van der Waals surface area (Å²) in [7, 11) is 0. The fourth-order valence-corrected chi connectivity index (χ4v) is 2.60. The van der Waals surface area contributed by atoms with Crippen LogP contribution in [0.4, 0.5) is 14.5 Å². The van der Waals surface area contributed by atoms with Gasteiger partial charge < -0.3 is 11.1 Å². The summed E-state index contributed by atoms with van der Waals surface area (Å²) >= 11 is 0. The molecule has 1 aromatic rings. The second-order valence-electron chi connectivity index (χ2n) is 6.27. The molecular formula is C15H22ClF2N3O. The highest BCUT2D eigenvalue weighted by Crippen LogP contribution is 2.27. The lowest BCUT2D eigenvalue weighted by atomic mass is 9.80. The van der Waals surface area contributed by atoms with Crippen LogP contribution in [0, 0.1) is 17.0 Å². The lowest BCUT2D eigenvalue weighted by Crippen LogP contribution is -2.53. The molecule has 1 aliphatic rings. The van der Waals surface area contributed by atoms with Crippen LogP contribution in [0.15, 0.2) is 18.2 Å². The summed E-state index contributed by atoms with van der Waals surface area (Å²) in [5.74, 6) is -2.15. The van der Waals surface area contributed by atoms with Gasteiger partial charge in [-0.1, -0.05) is 13.8 Å². The van der Waals surface area contributed by atoms with Crippen LogP contribution in [-0.4, -0.2) is 36.5 Å². The summed E-state index contributed by atoms with van der Waals surface area (Å²) < 4.78 is 25.9. The smallest absolute Gasteiger partial charge is 0.238 e. The van der Waals surface area contributed by atoms with E-state index in [-0.39, 0.29) is 42.0 Å². The Morgan fingerprint density at radius 1 is 1.41 bits per heavy atom. The van der Waals surface area contributed by atoms with Crippen LogP contribution in [-0.2, 0) is 4.79 Å². The van der Waals surface area contributed by atoms with Gasteiger partial charge in [0.15, 0.2) is 11.6 Å². The van der Waals surface area contributed by atoms with Crippen molar-refractivity contribution in [1.82, 2.24) is 4.90 Å². The molecule has 3 N–H and O–H groups in total. The van der Waals surface area contributed by atoms with Crippen LogP contribution < -0.4 is 11.1 Å².